The molecule has 0 aliphatic heterocycles. The second kappa shape index (κ2) is 20.9. The van der Waals surface area contributed by atoms with Crippen LogP contribution in [0, 0.1) is 17.2 Å². The van der Waals surface area contributed by atoms with Crippen LogP contribution < -0.4 is 9.47 Å². The summed E-state index contributed by atoms with van der Waals surface area (Å²) in [4.78, 5) is 24.0. The Kier molecular flexibility index (Phi) is 15.5. The van der Waals surface area contributed by atoms with Crippen LogP contribution >= 0.6 is 11.8 Å². The first kappa shape index (κ1) is 43.7. The molecule has 7 nitrogen and oxygen atoms in total. The SMILES string of the molecule is CCCCC(CCCC)CCCSc1c(CC(C)(C)C(=O)OCC)n(Cc2ccc(-c3cccc(OC)n3)cc2)c2ccc(OCc3ccc4cc(F)ccc4n3)cc12. The number of hydrogen-bond acceptors (Lipinski definition) is 7. The van der Waals surface area contributed by atoms with Crippen molar-refractivity contribution in [3.8, 4) is 22.9 Å². The van der Waals surface area contributed by atoms with E-state index < -0.39 is 5.41 Å². The Hall–Kier alpha value is -4.89. The van der Waals surface area contributed by atoms with Crippen LogP contribution in [-0.2, 0) is 29.1 Å². The summed E-state index contributed by atoms with van der Waals surface area (Å²) in [6.45, 7) is 11.6. The zero-order valence-corrected chi connectivity index (χ0v) is 36.5. The van der Waals surface area contributed by atoms with Gasteiger partial charge in [0.25, 0.3) is 0 Å². The van der Waals surface area contributed by atoms with E-state index in [4.69, 9.17) is 19.2 Å². The van der Waals surface area contributed by atoms with Gasteiger partial charge in [0, 0.05) is 51.5 Å². The second-order valence-corrected chi connectivity index (χ2v) is 17.3. The van der Waals surface area contributed by atoms with Gasteiger partial charge in [0.1, 0.15) is 18.2 Å². The van der Waals surface area contributed by atoms with Crippen molar-refractivity contribution in [2.24, 2.45) is 11.3 Å². The number of carbonyl (C=O) groups is 1. The summed E-state index contributed by atoms with van der Waals surface area (Å²) in [5, 5.41) is 1.86. The molecule has 0 aliphatic carbocycles. The number of rotatable bonds is 22. The van der Waals surface area contributed by atoms with E-state index in [1.165, 1.54) is 62.0 Å². The Balaban J connectivity index is 1.36. The van der Waals surface area contributed by atoms with E-state index in [1.807, 2.05) is 68.9 Å². The lowest BCUT2D eigenvalue weighted by atomic mass is 9.87. The molecule has 9 heteroatoms. The molecule has 0 radical (unpaired) electrons. The summed E-state index contributed by atoms with van der Waals surface area (Å²) >= 11 is 1.90. The molecule has 6 aromatic rings. The molecule has 0 N–H and O–H groups in total. The summed E-state index contributed by atoms with van der Waals surface area (Å²) < 4.78 is 33.6. The molecule has 0 bridgehead atoms. The minimum Gasteiger partial charge on any atom is -0.487 e. The van der Waals surface area contributed by atoms with Gasteiger partial charge in [-0.2, -0.15) is 0 Å². The maximum Gasteiger partial charge on any atom is 0.311 e. The summed E-state index contributed by atoms with van der Waals surface area (Å²) in [5.74, 6) is 2.58. The number of benzene rings is 3. The Morgan fingerprint density at radius 2 is 1.63 bits per heavy atom. The molecule has 0 atom stereocenters. The van der Waals surface area contributed by atoms with Crippen molar-refractivity contribution >= 4 is 39.5 Å². The third-order valence-electron chi connectivity index (χ3n) is 11.1. The minimum atomic E-state index is -0.755. The number of thioether (sulfide) groups is 1. The first-order valence-corrected chi connectivity index (χ1v) is 22.3. The van der Waals surface area contributed by atoms with Crippen molar-refractivity contribution in [1.29, 1.82) is 0 Å². The van der Waals surface area contributed by atoms with Gasteiger partial charge in [-0.15, -0.1) is 11.8 Å². The van der Waals surface area contributed by atoms with Crippen molar-refractivity contribution in [2.75, 3.05) is 19.5 Å². The van der Waals surface area contributed by atoms with Gasteiger partial charge in [-0.1, -0.05) is 88.8 Å². The summed E-state index contributed by atoms with van der Waals surface area (Å²) in [5.41, 5.74) is 5.94. The highest BCUT2D eigenvalue weighted by molar-refractivity contribution is 7.99. The fourth-order valence-electron chi connectivity index (χ4n) is 7.77. The summed E-state index contributed by atoms with van der Waals surface area (Å²) in [6.07, 6.45) is 10.5. The lowest BCUT2D eigenvalue weighted by molar-refractivity contribution is -0.153. The number of nitrogens with zero attached hydrogens (tertiary/aromatic N) is 3. The Morgan fingerprint density at radius 3 is 2.36 bits per heavy atom. The van der Waals surface area contributed by atoms with Gasteiger partial charge in [-0.05, 0) is 99.4 Å². The number of pyridine rings is 2. The number of unbranched alkanes of at least 4 members (excludes halogenated alkanes) is 2. The third-order valence-corrected chi connectivity index (χ3v) is 12.3. The van der Waals surface area contributed by atoms with Gasteiger partial charge < -0.3 is 18.8 Å². The van der Waals surface area contributed by atoms with E-state index >= 15 is 0 Å². The average molecular weight is 818 g/mol. The van der Waals surface area contributed by atoms with Crippen LogP contribution in [0.3, 0.4) is 0 Å². The summed E-state index contributed by atoms with van der Waals surface area (Å²) in [6, 6.07) is 29.0. The first-order valence-electron chi connectivity index (χ1n) is 21.4. The molecular formula is C50H60FN3O4S. The van der Waals surface area contributed by atoms with Crippen LogP contribution in [-0.4, -0.2) is 40.0 Å². The van der Waals surface area contributed by atoms with Gasteiger partial charge in [0.2, 0.25) is 5.88 Å². The number of aromatic nitrogens is 3. The molecule has 0 spiro atoms. The van der Waals surface area contributed by atoms with Gasteiger partial charge in [0.15, 0.2) is 0 Å². The van der Waals surface area contributed by atoms with E-state index in [0.29, 0.717) is 25.5 Å². The maximum absolute atomic E-state index is 13.8. The van der Waals surface area contributed by atoms with E-state index in [1.54, 1.807) is 13.2 Å². The fraction of sp³-hybridized carbons (Fsp3) is 0.420. The minimum absolute atomic E-state index is 0.202. The number of hydrogen-bond donors (Lipinski definition) is 0. The Labute approximate surface area is 354 Å². The lowest BCUT2D eigenvalue weighted by Crippen LogP contribution is -2.30. The average Bonchev–Trinajstić information content (AvgIpc) is 3.52. The summed E-state index contributed by atoms with van der Waals surface area (Å²) in [7, 11) is 1.63. The van der Waals surface area contributed by atoms with Crippen LogP contribution in [0.1, 0.15) is 103 Å². The van der Waals surface area contributed by atoms with Crippen molar-refractivity contribution in [2.45, 2.75) is 110 Å². The highest BCUT2D eigenvalue weighted by Crippen LogP contribution is 2.41. The fourth-order valence-corrected chi connectivity index (χ4v) is 8.96. The number of carbonyl (C=O) groups excluding carboxylic acids is 1. The van der Waals surface area contributed by atoms with E-state index in [0.717, 1.165) is 73.9 Å². The number of ether oxygens (including phenoxy) is 3. The number of methoxy groups -OCH3 is 1. The molecule has 0 aliphatic rings. The van der Waals surface area contributed by atoms with Gasteiger partial charge in [-0.25, -0.2) is 14.4 Å². The predicted octanol–water partition coefficient (Wildman–Crippen LogP) is 13.0. The van der Waals surface area contributed by atoms with Crippen LogP contribution in [0.25, 0.3) is 33.1 Å². The predicted molar refractivity (Wildman–Crippen MR) is 240 cm³/mol. The molecule has 3 heterocycles. The van der Waals surface area contributed by atoms with Crippen LogP contribution in [0.2, 0.25) is 0 Å². The molecule has 59 heavy (non-hydrogen) atoms. The van der Waals surface area contributed by atoms with Crippen molar-refractivity contribution in [3.63, 3.8) is 0 Å². The second-order valence-electron chi connectivity index (χ2n) is 16.2. The zero-order valence-electron chi connectivity index (χ0n) is 35.7. The van der Waals surface area contributed by atoms with Crippen molar-refractivity contribution in [3.05, 3.63) is 114 Å². The van der Waals surface area contributed by atoms with Crippen LogP contribution in [0.5, 0.6) is 11.6 Å². The number of fused-ring (bicyclic) bond motifs is 2. The molecule has 3 aromatic heterocycles. The van der Waals surface area contributed by atoms with Gasteiger partial charge >= 0.3 is 5.97 Å². The van der Waals surface area contributed by atoms with Gasteiger partial charge in [-0.3, -0.25) is 4.79 Å². The normalized spacial score (nSPS) is 11.8. The smallest absolute Gasteiger partial charge is 0.311 e. The van der Waals surface area contributed by atoms with E-state index in [2.05, 4.69) is 59.8 Å². The standard InChI is InChI=1S/C50H60FN3O4S/c1-7-10-14-35(15-11-8-2)16-13-29-59-48-42-31-41(58-34-40-25-23-38-30-39(51)24-27-44(38)52-40)26-28-45(42)54(46(48)32-50(4,5)49(55)57-9-3)33-36-19-21-37(22-20-36)43-17-12-18-47(53-43)56-6/h12,17-28,30-31,35H,7-11,13-16,29,32-34H2,1-6H3. The van der Waals surface area contributed by atoms with Crippen molar-refractivity contribution < 1.29 is 23.4 Å². The maximum atomic E-state index is 13.8. The number of halogens is 1. The molecular weight excluding hydrogens is 758 g/mol. The molecule has 0 fully saturated rings. The zero-order chi connectivity index (χ0) is 41.8. The van der Waals surface area contributed by atoms with E-state index in [9.17, 15) is 9.18 Å². The Morgan fingerprint density at radius 1 is 0.864 bits per heavy atom. The lowest BCUT2D eigenvalue weighted by Gasteiger charge is -2.24. The first-order chi connectivity index (χ1) is 28.6. The highest BCUT2D eigenvalue weighted by Gasteiger charge is 2.33. The highest BCUT2D eigenvalue weighted by atomic mass is 32.2. The van der Waals surface area contributed by atoms with E-state index in [-0.39, 0.29) is 18.4 Å². The largest absolute Gasteiger partial charge is 0.487 e. The quantitative estimate of drug-likeness (QED) is 0.0384. The topological polar surface area (TPSA) is 75.5 Å². The molecule has 0 saturated carbocycles. The molecule has 6 rings (SSSR count). The van der Waals surface area contributed by atoms with Crippen LogP contribution in [0.4, 0.5) is 4.39 Å². The monoisotopic (exact) mass is 817 g/mol. The Bertz CT molecular complexity index is 2300. The van der Waals surface area contributed by atoms with Crippen LogP contribution in [0.15, 0.2) is 95.9 Å². The molecule has 0 unspecified atom stereocenters. The number of esters is 1. The molecule has 0 saturated heterocycles. The molecule has 312 valence electrons. The third kappa shape index (κ3) is 11.4. The van der Waals surface area contributed by atoms with Gasteiger partial charge in [0.05, 0.1) is 36.0 Å². The van der Waals surface area contributed by atoms with Crippen molar-refractivity contribution in [1.82, 2.24) is 14.5 Å². The molecule has 0 amide bonds. The molecule has 3 aromatic carbocycles.